The molecule has 0 radical (unpaired) electrons. The Morgan fingerprint density at radius 1 is 1.10 bits per heavy atom. The smallest absolute Gasteiger partial charge is 0.0132 e. The van der Waals surface area contributed by atoms with E-state index in [-0.39, 0.29) is 0 Å². The van der Waals surface area contributed by atoms with E-state index in [0.29, 0.717) is 0 Å². The zero-order valence-electron chi connectivity index (χ0n) is 7.48. The first-order valence-electron chi connectivity index (χ1n) is 4.13. The van der Waals surface area contributed by atoms with E-state index < -0.39 is 0 Å². The first-order valence-corrected chi connectivity index (χ1v) is 5.28. The zero-order chi connectivity index (χ0) is 7.98. The van der Waals surface area contributed by atoms with Gasteiger partial charge in [0.1, 0.15) is 0 Å². The quantitative estimate of drug-likeness (QED) is 0.584. The van der Waals surface area contributed by atoms with Crippen molar-refractivity contribution in [3.8, 4) is 0 Å². The highest BCUT2D eigenvalue weighted by molar-refractivity contribution is 7.99. The van der Waals surface area contributed by atoms with Crippen molar-refractivity contribution in [1.29, 1.82) is 0 Å². The van der Waals surface area contributed by atoms with Crippen molar-refractivity contribution in [3.05, 3.63) is 0 Å². The van der Waals surface area contributed by atoms with Crippen LogP contribution in [0.25, 0.3) is 0 Å². The summed E-state index contributed by atoms with van der Waals surface area (Å²) in [5.74, 6) is 2.56. The normalized spacial score (nSPS) is 32.4. The molecule has 1 nitrogen and oxygen atoms in total. The number of nitrogens with one attached hydrogen (secondary N) is 1. The minimum Gasteiger partial charge on any atom is -0.310 e. The van der Waals surface area contributed by atoms with E-state index in [9.17, 15) is 0 Å². The van der Waals surface area contributed by atoms with Crippen LogP contribution >= 0.6 is 11.8 Å². The molecular formula is C8H19NS. The second kappa shape index (κ2) is 6.05. The number of hydrogen-bond donors (Lipinski definition) is 1. The van der Waals surface area contributed by atoms with E-state index in [2.05, 4.69) is 19.2 Å². The topological polar surface area (TPSA) is 12.0 Å². The van der Waals surface area contributed by atoms with Crippen LogP contribution in [0.5, 0.6) is 0 Å². The molecule has 2 heteroatoms. The van der Waals surface area contributed by atoms with E-state index in [1.54, 1.807) is 0 Å². The number of rotatable bonds is 0. The summed E-state index contributed by atoms with van der Waals surface area (Å²) < 4.78 is 0. The Kier molecular flexibility index (Phi) is 6.24. The summed E-state index contributed by atoms with van der Waals surface area (Å²) in [5, 5.41) is 3.46. The fourth-order valence-electron chi connectivity index (χ4n) is 1.00. The molecule has 0 bridgehead atoms. The molecular weight excluding hydrogens is 142 g/mol. The second-order valence-electron chi connectivity index (χ2n) is 2.51. The van der Waals surface area contributed by atoms with E-state index in [4.69, 9.17) is 0 Å². The summed E-state index contributed by atoms with van der Waals surface area (Å²) in [4.78, 5) is 0. The Morgan fingerprint density at radius 3 is 1.70 bits per heavy atom. The van der Waals surface area contributed by atoms with Crippen LogP contribution in [0.2, 0.25) is 0 Å². The third-order valence-electron chi connectivity index (χ3n) is 1.30. The van der Waals surface area contributed by atoms with Gasteiger partial charge in [0.2, 0.25) is 0 Å². The fourth-order valence-corrected chi connectivity index (χ4v) is 2.04. The van der Waals surface area contributed by atoms with Gasteiger partial charge in [-0.2, -0.15) is 11.8 Å². The van der Waals surface area contributed by atoms with E-state index in [1.165, 1.54) is 11.5 Å². The van der Waals surface area contributed by atoms with Crippen molar-refractivity contribution in [3.63, 3.8) is 0 Å². The van der Waals surface area contributed by atoms with Crippen LogP contribution in [0.3, 0.4) is 0 Å². The number of hydrogen-bond acceptors (Lipinski definition) is 2. The summed E-state index contributed by atoms with van der Waals surface area (Å²) in [6.07, 6.45) is 0. The molecule has 0 amide bonds. The third-order valence-corrected chi connectivity index (χ3v) is 2.78. The van der Waals surface area contributed by atoms with Gasteiger partial charge >= 0.3 is 0 Å². The lowest BCUT2D eigenvalue weighted by Gasteiger charge is -2.24. The standard InChI is InChI=1S/C6H13NS.C2H6/c1-5-3-8-4-6(2)7-5;1-2/h5-7H,3-4H2,1-2H3;1-2H3. The maximum atomic E-state index is 3.46. The lowest BCUT2D eigenvalue weighted by atomic mass is 10.3. The second-order valence-corrected chi connectivity index (χ2v) is 3.58. The van der Waals surface area contributed by atoms with Gasteiger partial charge in [-0.1, -0.05) is 13.8 Å². The lowest BCUT2D eigenvalue weighted by molar-refractivity contribution is 0.514. The van der Waals surface area contributed by atoms with Crippen LogP contribution in [0.4, 0.5) is 0 Å². The first kappa shape index (κ1) is 10.3. The minimum absolute atomic E-state index is 0.726. The summed E-state index contributed by atoms with van der Waals surface area (Å²) in [7, 11) is 0. The minimum atomic E-state index is 0.726. The Hall–Kier alpha value is 0.310. The summed E-state index contributed by atoms with van der Waals surface area (Å²) in [6.45, 7) is 8.48. The van der Waals surface area contributed by atoms with Crippen molar-refractivity contribution in [2.24, 2.45) is 0 Å². The van der Waals surface area contributed by atoms with Gasteiger partial charge in [0.25, 0.3) is 0 Å². The van der Waals surface area contributed by atoms with Gasteiger partial charge in [-0.05, 0) is 13.8 Å². The summed E-state index contributed by atoms with van der Waals surface area (Å²) in [6, 6.07) is 1.45. The Labute approximate surface area is 69.0 Å². The fraction of sp³-hybridized carbons (Fsp3) is 1.00. The molecule has 0 aliphatic carbocycles. The Bertz CT molecular complexity index is 67.7. The van der Waals surface area contributed by atoms with Crippen molar-refractivity contribution >= 4 is 11.8 Å². The van der Waals surface area contributed by atoms with E-state index >= 15 is 0 Å². The molecule has 0 aromatic carbocycles. The van der Waals surface area contributed by atoms with Crippen LogP contribution in [-0.4, -0.2) is 23.6 Å². The lowest BCUT2D eigenvalue weighted by Crippen LogP contribution is -2.41. The molecule has 0 spiro atoms. The molecule has 2 unspecified atom stereocenters. The molecule has 0 aromatic rings. The predicted molar refractivity (Wildman–Crippen MR) is 50.7 cm³/mol. The van der Waals surface area contributed by atoms with Gasteiger partial charge in [-0.15, -0.1) is 0 Å². The van der Waals surface area contributed by atoms with Crippen molar-refractivity contribution in [2.75, 3.05) is 11.5 Å². The Balaban J connectivity index is 0.000000371. The molecule has 1 heterocycles. The van der Waals surface area contributed by atoms with E-state index in [1.807, 2.05) is 25.6 Å². The molecule has 1 rings (SSSR count). The molecule has 62 valence electrons. The van der Waals surface area contributed by atoms with Gasteiger partial charge in [0.05, 0.1) is 0 Å². The first-order chi connectivity index (χ1) is 4.79. The van der Waals surface area contributed by atoms with Crippen LogP contribution < -0.4 is 5.32 Å². The van der Waals surface area contributed by atoms with Crippen molar-refractivity contribution < 1.29 is 0 Å². The molecule has 1 aliphatic rings. The third kappa shape index (κ3) is 4.18. The van der Waals surface area contributed by atoms with Crippen LogP contribution in [0.15, 0.2) is 0 Å². The highest BCUT2D eigenvalue weighted by Gasteiger charge is 2.12. The van der Waals surface area contributed by atoms with Crippen molar-refractivity contribution in [2.45, 2.75) is 39.8 Å². The number of thioether (sulfide) groups is 1. The Morgan fingerprint density at radius 2 is 1.50 bits per heavy atom. The molecule has 0 saturated carbocycles. The summed E-state index contributed by atoms with van der Waals surface area (Å²) >= 11 is 2.05. The predicted octanol–water partition coefficient (Wildman–Crippen LogP) is 2.13. The average molecular weight is 161 g/mol. The van der Waals surface area contributed by atoms with Gasteiger partial charge in [-0.3, -0.25) is 0 Å². The zero-order valence-corrected chi connectivity index (χ0v) is 8.29. The average Bonchev–Trinajstić information content (AvgIpc) is 1.91. The van der Waals surface area contributed by atoms with Gasteiger partial charge in [0, 0.05) is 23.6 Å². The SMILES string of the molecule is CC.CC1CSCC(C)N1. The highest BCUT2D eigenvalue weighted by Crippen LogP contribution is 2.10. The molecule has 1 aliphatic heterocycles. The van der Waals surface area contributed by atoms with Crippen LogP contribution in [0, 0.1) is 0 Å². The molecule has 0 aromatic heterocycles. The van der Waals surface area contributed by atoms with Gasteiger partial charge < -0.3 is 5.32 Å². The summed E-state index contributed by atoms with van der Waals surface area (Å²) in [5.41, 5.74) is 0. The van der Waals surface area contributed by atoms with Gasteiger partial charge in [0.15, 0.2) is 0 Å². The molecule has 1 fully saturated rings. The highest BCUT2D eigenvalue weighted by atomic mass is 32.2. The maximum Gasteiger partial charge on any atom is 0.0132 e. The van der Waals surface area contributed by atoms with Crippen molar-refractivity contribution in [1.82, 2.24) is 5.32 Å². The van der Waals surface area contributed by atoms with E-state index in [0.717, 1.165) is 12.1 Å². The maximum absolute atomic E-state index is 3.46. The monoisotopic (exact) mass is 161 g/mol. The largest absolute Gasteiger partial charge is 0.310 e. The molecule has 10 heavy (non-hydrogen) atoms. The molecule has 2 atom stereocenters. The van der Waals surface area contributed by atoms with Gasteiger partial charge in [-0.25, -0.2) is 0 Å². The molecule has 1 saturated heterocycles. The van der Waals surface area contributed by atoms with Crippen LogP contribution in [0.1, 0.15) is 27.7 Å². The van der Waals surface area contributed by atoms with Crippen LogP contribution in [-0.2, 0) is 0 Å². The molecule has 1 N–H and O–H groups in total.